The van der Waals surface area contributed by atoms with Gasteiger partial charge in [-0.15, -0.1) is 0 Å². The zero-order valence-electron chi connectivity index (χ0n) is 17.4. The highest BCUT2D eigenvalue weighted by molar-refractivity contribution is 5.86. The number of carbonyl (C=O) groups is 1. The SMILES string of the molecule is COC(=O)/C=C/c1ccc2c(c1)CCC2N(CCCO)CCc1ccc(C)cc1. The van der Waals surface area contributed by atoms with Gasteiger partial charge in [0.2, 0.25) is 0 Å². The van der Waals surface area contributed by atoms with Crippen molar-refractivity contribution in [2.24, 2.45) is 0 Å². The van der Waals surface area contributed by atoms with E-state index < -0.39 is 0 Å². The van der Waals surface area contributed by atoms with Crippen molar-refractivity contribution in [2.45, 2.75) is 38.6 Å². The van der Waals surface area contributed by atoms with Crippen molar-refractivity contribution < 1.29 is 14.6 Å². The highest BCUT2D eigenvalue weighted by Crippen LogP contribution is 2.36. The second-order valence-corrected chi connectivity index (χ2v) is 7.72. The lowest BCUT2D eigenvalue weighted by atomic mass is 10.0. The maximum atomic E-state index is 11.3. The van der Waals surface area contributed by atoms with E-state index >= 15 is 0 Å². The molecule has 0 aliphatic heterocycles. The summed E-state index contributed by atoms with van der Waals surface area (Å²) in [5.74, 6) is -0.338. The maximum absolute atomic E-state index is 11.3. The zero-order valence-corrected chi connectivity index (χ0v) is 17.4. The van der Waals surface area contributed by atoms with E-state index in [1.807, 2.05) is 0 Å². The summed E-state index contributed by atoms with van der Waals surface area (Å²) in [6, 6.07) is 15.6. The fourth-order valence-electron chi connectivity index (χ4n) is 4.05. The number of hydrogen-bond acceptors (Lipinski definition) is 4. The molecule has 0 heterocycles. The van der Waals surface area contributed by atoms with Crippen molar-refractivity contribution in [1.82, 2.24) is 4.90 Å². The first-order chi connectivity index (χ1) is 14.1. The summed E-state index contributed by atoms with van der Waals surface area (Å²) in [5.41, 5.74) is 6.39. The van der Waals surface area contributed by atoms with Gasteiger partial charge in [0.1, 0.15) is 0 Å². The molecular formula is C25H31NO3. The Balaban J connectivity index is 1.72. The third-order valence-corrected chi connectivity index (χ3v) is 5.68. The number of hydrogen-bond donors (Lipinski definition) is 1. The molecule has 4 nitrogen and oxygen atoms in total. The smallest absolute Gasteiger partial charge is 0.330 e. The van der Waals surface area contributed by atoms with Gasteiger partial charge in [-0.1, -0.05) is 48.0 Å². The molecule has 0 spiro atoms. The molecule has 29 heavy (non-hydrogen) atoms. The lowest BCUT2D eigenvalue weighted by molar-refractivity contribution is -0.134. The number of fused-ring (bicyclic) bond motifs is 1. The standard InChI is InChI=1S/C25H31NO3/c1-19-4-6-20(7-5-19)14-16-26(15-3-17-27)24-12-10-22-18-21(8-11-23(22)24)9-13-25(28)29-2/h4-9,11,13,18,24,27H,3,10,12,14-17H2,1-2H3/b13-9+. The molecule has 0 aromatic heterocycles. The Morgan fingerprint density at radius 3 is 2.72 bits per heavy atom. The number of nitrogens with zero attached hydrogens (tertiary/aromatic N) is 1. The van der Waals surface area contributed by atoms with Crippen LogP contribution in [0.1, 0.15) is 46.7 Å². The van der Waals surface area contributed by atoms with Crippen LogP contribution < -0.4 is 0 Å². The first kappa shape index (κ1) is 21.3. The van der Waals surface area contributed by atoms with Crippen LogP contribution in [0, 0.1) is 6.92 Å². The van der Waals surface area contributed by atoms with Gasteiger partial charge in [0, 0.05) is 31.8 Å². The Morgan fingerprint density at radius 2 is 2.00 bits per heavy atom. The molecule has 1 aliphatic rings. The van der Waals surface area contributed by atoms with E-state index in [2.05, 4.69) is 59.0 Å². The second kappa shape index (κ2) is 10.4. The predicted octanol–water partition coefficient (Wildman–Crippen LogP) is 4.10. The zero-order chi connectivity index (χ0) is 20.6. The van der Waals surface area contributed by atoms with Gasteiger partial charge in [-0.3, -0.25) is 4.90 Å². The molecule has 4 heteroatoms. The van der Waals surface area contributed by atoms with Gasteiger partial charge in [-0.2, -0.15) is 0 Å². The number of esters is 1. The van der Waals surface area contributed by atoms with Crippen LogP contribution in [0.4, 0.5) is 0 Å². The Morgan fingerprint density at radius 1 is 1.21 bits per heavy atom. The third kappa shape index (κ3) is 5.78. The van der Waals surface area contributed by atoms with Crippen molar-refractivity contribution in [2.75, 3.05) is 26.8 Å². The maximum Gasteiger partial charge on any atom is 0.330 e. The van der Waals surface area contributed by atoms with Gasteiger partial charge in [-0.05, 0) is 60.9 Å². The van der Waals surface area contributed by atoms with Crippen molar-refractivity contribution in [3.63, 3.8) is 0 Å². The molecule has 3 rings (SSSR count). The van der Waals surface area contributed by atoms with Crippen molar-refractivity contribution in [3.8, 4) is 0 Å². The minimum absolute atomic E-state index is 0.220. The molecule has 2 aromatic rings. The van der Waals surface area contributed by atoms with E-state index in [4.69, 9.17) is 0 Å². The molecule has 2 aromatic carbocycles. The van der Waals surface area contributed by atoms with Gasteiger partial charge in [0.05, 0.1) is 7.11 Å². The summed E-state index contributed by atoms with van der Waals surface area (Å²) in [7, 11) is 1.39. The van der Waals surface area contributed by atoms with Crippen LogP contribution in [-0.4, -0.2) is 42.8 Å². The number of rotatable bonds is 9. The van der Waals surface area contributed by atoms with Crippen LogP contribution in [0.2, 0.25) is 0 Å². The topological polar surface area (TPSA) is 49.8 Å². The number of benzene rings is 2. The number of methoxy groups -OCH3 is 1. The monoisotopic (exact) mass is 393 g/mol. The van der Waals surface area contributed by atoms with Gasteiger partial charge < -0.3 is 9.84 Å². The number of ether oxygens (including phenoxy) is 1. The van der Waals surface area contributed by atoms with Crippen LogP contribution in [0.5, 0.6) is 0 Å². The van der Waals surface area contributed by atoms with E-state index in [0.717, 1.165) is 44.3 Å². The van der Waals surface area contributed by atoms with Gasteiger partial charge in [0.25, 0.3) is 0 Å². The average molecular weight is 394 g/mol. The summed E-state index contributed by atoms with van der Waals surface area (Å²) in [6.45, 7) is 4.22. The molecule has 0 saturated heterocycles. The molecule has 0 fully saturated rings. The summed E-state index contributed by atoms with van der Waals surface area (Å²) < 4.78 is 4.67. The Hall–Kier alpha value is -2.43. The van der Waals surface area contributed by atoms with E-state index in [1.54, 1.807) is 6.08 Å². The minimum Gasteiger partial charge on any atom is -0.466 e. The lowest BCUT2D eigenvalue weighted by Gasteiger charge is -2.29. The molecule has 1 unspecified atom stereocenters. The molecule has 1 atom stereocenters. The largest absolute Gasteiger partial charge is 0.466 e. The van der Waals surface area contributed by atoms with Crippen molar-refractivity contribution >= 4 is 12.0 Å². The summed E-state index contributed by atoms with van der Waals surface area (Å²) in [4.78, 5) is 13.9. The summed E-state index contributed by atoms with van der Waals surface area (Å²) in [6.07, 6.45) is 7.21. The van der Waals surface area contributed by atoms with Gasteiger partial charge in [0.15, 0.2) is 0 Å². The minimum atomic E-state index is -0.338. The molecule has 0 radical (unpaired) electrons. The van der Waals surface area contributed by atoms with E-state index in [-0.39, 0.29) is 12.6 Å². The second-order valence-electron chi connectivity index (χ2n) is 7.72. The van der Waals surface area contributed by atoms with Crippen LogP contribution in [-0.2, 0) is 22.4 Å². The average Bonchev–Trinajstić information content (AvgIpc) is 3.16. The normalized spacial score (nSPS) is 15.8. The van der Waals surface area contributed by atoms with E-state index in [9.17, 15) is 9.90 Å². The van der Waals surface area contributed by atoms with E-state index in [1.165, 1.54) is 35.4 Å². The van der Waals surface area contributed by atoms with Crippen molar-refractivity contribution in [3.05, 3.63) is 76.4 Å². The molecule has 1 aliphatic carbocycles. The highest BCUT2D eigenvalue weighted by atomic mass is 16.5. The van der Waals surface area contributed by atoms with Crippen LogP contribution in [0.3, 0.4) is 0 Å². The lowest BCUT2D eigenvalue weighted by Crippen LogP contribution is -2.31. The van der Waals surface area contributed by atoms with Crippen LogP contribution in [0.15, 0.2) is 48.5 Å². The molecule has 0 saturated carbocycles. The number of carbonyl (C=O) groups excluding carboxylic acids is 1. The first-order valence-corrected chi connectivity index (χ1v) is 10.4. The summed E-state index contributed by atoms with van der Waals surface area (Å²) >= 11 is 0. The highest BCUT2D eigenvalue weighted by Gasteiger charge is 2.27. The quantitative estimate of drug-likeness (QED) is 0.515. The van der Waals surface area contributed by atoms with E-state index in [0.29, 0.717) is 6.04 Å². The molecule has 0 bridgehead atoms. The summed E-state index contributed by atoms with van der Waals surface area (Å²) in [5, 5.41) is 9.36. The molecule has 0 amide bonds. The Kier molecular flexibility index (Phi) is 7.62. The van der Waals surface area contributed by atoms with Crippen LogP contribution in [0.25, 0.3) is 6.08 Å². The van der Waals surface area contributed by atoms with Gasteiger partial charge >= 0.3 is 5.97 Å². The first-order valence-electron chi connectivity index (χ1n) is 10.4. The van der Waals surface area contributed by atoms with Crippen molar-refractivity contribution in [1.29, 1.82) is 0 Å². The number of aryl methyl sites for hydroxylation is 2. The molecule has 1 N–H and O–H groups in total. The Bertz CT molecular complexity index is 842. The Labute approximate surface area is 173 Å². The van der Waals surface area contributed by atoms with Crippen LogP contribution >= 0.6 is 0 Å². The van der Waals surface area contributed by atoms with Gasteiger partial charge in [-0.25, -0.2) is 4.79 Å². The molecular weight excluding hydrogens is 362 g/mol. The number of aliphatic hydroxyl groups excluding tert-OH is 1. The number of aliphatic hydroxyl groups is 1. The third-order valence-electron chi connectivity index (χ3n) is 5.68. The fourth-order valence-corrected chi connectivity index (χ4v) is 4.05. The molecule has 154 valence electrons. The fraction of sp³-hybridized carbons (Fsp3) is 0.400. The predicted molar refractivity (Wildman–Crippen MR) is 117 cm³/mol.